The minimum absolute atomic E-state index is 0.0437. The van der Waals surface area contributed by atoms with Crippen molar-refractivity contribution in [2.75, 3.05) is 18.2 Å². The van der Waals surface area contributed by atoms with Crippen molar-refractivity contribution in [3.8, 4) is 11.5 Å². The van der Waals surface area contributed by atoms with Gasteiger partial charge in [0.25, 0.3) is 0 Å². The molecule has 30 heavy (non-hydrogen) atoms. The predicted octanol–water partition coefficient (Wildman–Crippen LogP) is 2.95. The highest BCUT2D eigenvalue weighted by atomic mass is 32.2. The largest absolute Gasteiger partial charge is 0.464 e. The number of imidazole rings is 1. The van der Waals surface area contributed by atoms with Gasteiger partial charge in [-0.1, -0.05) is 13.5 Å². The number of anilines is 1. The lowest BCUT2D eigenvalue weighted by molar-refractivity contribution is -0.0883. The number of rotatable bonds is 4. The third kappa shape index (κ3) is 3.58. The van der Waals surface area contributed by atoms with E-state index in [0.29, 0.717) is 0 Å². The van der Waals surface area contributed by atoms with Gasteiger partial charge in [0.15, 0.2) is 15.7 Å². The summed E-state index contributed by atoms with van der Waals surface area (Å²) in [4.78, 5) is 19.9. The second-order valence-electron chi connectivity index (χ2n) is 6.33. The van der Waals surface area contributed by atoms with Crippen molar-refractivity contribution in [1.29, 1.82) is 0 Å². The number of ether oxygens (including phenoxy) is 1. The van der Waals surface area contributed by atoms with Gasteiger partial charge in [0.05, 0.1) is 23.3 Å². The fraction of sp³-hybridized carbons (Fsp3) is 0.278. The average Bonchev–Trinajstić information content (AvgIpc) is 3.01. The lowest BCUT2D eigenvalue weighted by Gasteiger charge is -2.20. The van der Waals surface area contributed by atoms with Crippen LogP contribution in [-0.4, -0.2) is 48.0 Å². The number of allylic oxidation sites excluding steroid dienone is 1. The Labute approximate surface area is 170 Å². The highest BCUT2D eigenvalue weighted by Gasteiger charge is 2.39. The van der Waals surface area contributed by atoms with Crippen LogP contribution in [0.1, 0.15) is 23.1 Å². The number of hydrogen-bond acceptors (Lipinski definition) is 7. The van der Waals surface area contributed by atoms with Crippen molar-refractivity contribution >= 4 is 27.7 Å². The van der Waals surface area contributed by atoms with Crippen molar-refractivity contribution in [3.05, 3.63) is 41.4 Å². The van der Waals surface area contributed by atoms with Crippen LogP contribution in [0.3, 0.4) is 0 Å². The fourth-order valence-corrected chi connectivity index (χ4v) is 3.92. The number of alkyl halides is 3. The van der Waals surface area contributed by atoms with Crippen molar-refractivity contribution < 1.29 is 31.1 Å². The third-order valence-corrected chi connectivity index (χ3v) is 6.24. The van der Waals surface area contributed by atoms with E-state index in [0.717, 1.165) is 13.2 Å². The number of halogens is 3. The molecule has 0 aromatic carbocycles. The Kier molecular flexibility index (Phi) is 5.23. The number of methoxy groups -OCH3 is 1. The summed E-state index contributed by atoms with van der Waals surface area (Å²) in [6.45, 7) is 4.82. The Balaban J connectivity index is 2.28. The van der Waals surface area contributed by atoms with Gasteiger partial charge in [-0.25, -0.2) is 23.2 Å². The first-order valence-electron chi connectivity index (χ1n) is 8.55. The van der Waals surface area contributed by atoms with Crippen LogP contribution in [0.5, 0.6) is 0 Å². The Hall–Kier alpha value is -3.15. The Morgan fingerprint density at radius 1 is 1.30 bits per heavy atom. The maximum atomic E-state index is 13.2. The topological polar surface area (TPSA) is 103 Å². The number of nitrogens with one attached hydrogen (secondary N) is 1. The number of carbonyl (C=O) groups is 1. The van der Waals surface area contributed by atoms with E-state index in [-0.39, 0.29) is 45.1 Å². The highest BCUT2D eigenvalue weighted by Crippen LogP contribution is 2.39. The van der Waals surface area contributed by atoms with Crippen molar-refractivity contribution in [1.82, 2.24) is 14.5 Å². The minimum Gasteiger partial charge on any atom is -0.464 e. The summed E-state index contributed by atoms with van der Waals surface area (Å²) in [5.74, 6) is -0.927. The van der Waals surface area contributed by atoms with Crippen LogP contribution in [0.2, 0.25) is 0 Å². The first-order valence-corrected chi connectivity index (χ1v) is 10.2. The smallest absolute Gasteiger partial charge is 0.418 e. The van der Waals surface area contributed by atoms with E-state index in [9.17, 15) is 26.4 Å². The van der Waals surface area contributed by atoms with Gasteiger partial charge in [0.2, 0.25) is 0 Å². The molecule has 0 fully saturated rings. The van der Waals surface area contributed by atoms with Gasteiger partial charge in [-0.05, 0) is 18.2 Å². The molecule has 0 radical (unpaired) electrons. The molecule has 0 spiro atoms. The van der Waals surface area contributed by atoms with Crippen LogP contribution in [-0.2, 0) is 21.6 Å². The van der Waals surface area contributed by atoms with E-state index in [1.807, 2.05) is 0 Å². The van der Waals surface area contributed by atoms with Crippen LogP contribution >= 0.6 is 0 Å². The maximum Gasteiger partial charge on any atom is 0.418 e. The number of aromatic nitrogens is 3. The van der Waals surface area contributed by atoms with Gasteiger partial charge >= 0.3 is 12.1 Å². The summed E-state index contributed by atoms with van der Waals surface area (Å²) >= 11 is 0. The monoisotopic (exact) mass is 442 g/mol. The first-order chi connectivity index (χ1) is 13.9. The lowest BCUT2D eigenvalue weighted by atomic mass is 10.1. The molecule has 0 amide bonds. The van der Waals surface area contributed by atoms with Gasteiger partial charge < -0.3 is 14.6 Å². The summed E-state index contributed by atoms with van der Waals surface area (Å²) in [5.41, 5.74) is -1.80. The van der Waals surface area contributed by atoms with Crippen molar-refractivity contribution in [3.63, 3.8) is 0 Å². The molecule has 2 aromatic heterocycles. The van der Waals surface area contributed by atoms with Crippen LogP contribution in [0.25, 0.3) is 17.6 Å². The second-order valence-corrected chi connectivity index (χ2v) is 8.57. The van der Waals surface area contributed by atoms with Crippen molar-refractivity contribution in [2.24, 2.45) is 7.05 Å². The van der Waals surface area contributed by atoms with Gasteiger partial charge in [-0.2, -0.15) is 13.2 Å². The average molecular weight is 442 g/mol. The zero-order chi connectivity index (χ0) is 22.4. The van der Waals surface area contributed by atoms with Gasteiger partial charge in [0, 0.05) is 12.7 Å². The minimum atomic E-state index is -4.65. The van der Waals surface area contributed by atoms with Gasteiger partial charge in [-0.3, -0.25) is 0 Å². The van der Waals surface area contributed by atoms with Gasteiger partial charge in [-0.15, -0.1) is 0 Å². The number of fused-ring (bicyclic) bond motifs is 1. The molecular weight excluding hydrogens is 425 g/mol. The maximum absolute atomic E-state index is 13.2. The molecule has 0 saturated carbocycles. The second kappa shape index (κ2) is 7.27. The van der Waals surface area contributed by atoms with Crippen LogP contribution in [0.15, 0.2) is 34.9 Å². The summed E-state index contributed by atoms with van der Waals surface area (Å²) in [5, 5.41) is 2.54. The molecule has 0 saturated heterocycles. The highest BCUT2D eigenvalue weighted by molar-refractivity contribution is 7.91. The normalized spacial score (nSPS) is 14.1. The molecular formula is C18H17F3N4O4S. The molecule has 1 aliphatic rings. The Bertz CT molecular complexity index is 1200. The standard InChI is InChI=1S/C18H17F3N4O4S/c1-5-30(27,28)13-7-6-11(17(26)29-4)23-14(13)16-24-12-8-10(18(19,20)21)9(2)22-15(12)25(16)3/h6-8,22H,2,5H2,1,3-4H3. The summed E-state index contributed by atoms with van der Waals surface area (Å²) in [6.07, 6.45) is -3.84. The van der Waals surface area contributed by atoms with Crippen LogP contribution in [0.4, 0.5) is 19.0 Å². The van der Waals surface area contributed by atoms with E-state index in [4.69, 9.17) is 0 Å². The number of esters is 1. The molecule has 0 aliphatic carbocycles. The summed E-state index contributed by atoms with van der Waals surface area (Å²) < 4.78 is 70.7. The van der Waals surface area contributed by atoms with E-state index >= 15 is 0 Å². The molecule has 8 nitrogen and oxygen atoms in total. The van der Waals surface area contributed by atoms with E-state index in [2.05, 4.69) is 26.6 Å². The quantitative estimate of drug-likeness (QED) is 0.726. The molecule has 0 atom stereocenters. The SMILES string of the molecule is C=C1Nc2c(nc(-c3nc(C(=O)OC)ccc3S(=O)(=O)CC)n2C)C=C1C(F)(F)F. The molecule has 160 valence electrons. The number of carbonyl (C=O) groups excluding carboxylic acids is 1. The molecule has 3 heterocycles. The summed E-state index contributed by atoms with van der Waals surface area (Å²) in [6, 6.07) is 2.40. The Morgan fingerprint density at radius 2 is 1.97 bits per heavy atom. The predicted molar refractivity (Wildman–Crippen MR) is 102 cm³/mol. The van der Waals surface area contributed by atoms with E-state index in [1.54, 1.807) is 0 Å². The number of sulfone groups is 1. The zero-order valence-electron chi connectivity index (χ0n) is 16.2. The molecule has 2 aromatic rings. The lowest BCUT2D eigenvalue weighted by Crippen LogP contribution is -2.21. The van der Waals surface area contributed by atoms with Crippen LogP contribution < -0.4 is 5.32 Å². The van der Waals surface area contributed by atoms with Crippen molar-refractivity contribution in [2.45, 2.75) is 18.0 Å². The molecule has 1 aliphatic heterocycles. The van der Waals surface area contributed by atoms with Crippen LogP contribution in [0, 0.1) is 0 Å². The fourth-order valence-electron chi connectivity index (χ4n) is 2.90. The number of nitrogens with zero attached hydrogens (tertiary/aromatic N) is 3. The molecule has 1 N–H and O–H groups in total. The zero-order valence-corrected chi connectivity index (χ0v) is 17.0. The number of hydrogen-bond donors (Lipinski definition) is 1. The van der Waals surface area contributed by atoms with E-state index < -0.39 is 27.6 Å². The van der Waals surface area contributed by atoms with E-state index in [1.165, 1.54) is 30.7 Å². The summed E-state index contributed by atoms with van der Waals surface area (Å²) in [7, 11) is -1.18. The molecule has 12 heteroatoms. The molecule has 0 bridgehead atoms. The molecule has 0 unspecified atom stereocenters. The first kappa shape index (κ1) is 21.6. The van der Waals surface area contributed by atoms with Gasteiger partial charge in [0.1, 0.15) is 22.9 Å². The Morgan fingerprint density at radius 3 is 2.53 bits per heavy atom. The third-order valence-electron chi connectivity index (χ3n) is 4.48. The number of pyridine rings is 1. The molecule has 3 rings (SSSR count).